The molecule has 2 saturated heterocycles. The molecule has 0 spiro atoms. The van der Waals surface area contributed by atoms with E-state index in [0.717, 1.165) is 12.1 Å². The van der Waals surface area contributed by atoms with E-state index in [0.29, 0.717) is 58.6 Å². The number of amides is 1. The minimum Gasteiger partial charge on any atom is -0.478 e. The van der Waals surface area contributed by atoms with Gasteiger partial charge in [-0.2, -0.15) is 4.98 Å². The van der Waals surface area contributed by atoms with E-state index in [-0.39, 0.29) is 23.0 Å². The molecule has 0 saturated carbocycles. The van der Waals surface area contributed by atoms with Gasteiger partial charge in [-0.3, -0.25) is 9.69 Å². The summed E-state index contributed by atoms with van der Waals surface area (Å²) < 4.78 is 21.6. The fourth-order valence-electron chi connectivity index (χ4n) is 3.90. The largest absolute Gasteiger partial charge is 0.478 e. The molecule has 1 atom stereocenters. The molecule has 11 heteroatoms. The van der Waals surface area contributed by atoms with Crippen molar-refractivity contribution in [2.45, 2.75) is 12.6 Å². The average molecular weight is 460 g/mol. The average Bonchev–Trinajstić information content (AvgIpc) is 3.32. The van der Waals surface area contributed by atoms with Crippen LogP contribution in [-0.4, -0.2) is 92.7 Å². The number of carbonyl (C=O) groups is 2. The molecule has 2 aliphatic heterocycles. The van der Waals surface area contributed by atoms with E-state index < -0.39 is 11.9 Å². The number of benzene rings is 1. The molecule has 2 aromatic rings. The van der Waals surface area contributed by atoms with Crippen molar-refractivity contribution in [2.24, 2.45) is 0 Å². The molecular formula is C22H28N4O7. The number of methoxy groups -OCH3 is 1. The predicted molar refractivity (Wildman–Crippen MR) is 118 cm³/mol. The minimum atomic E-state index is -1.12. The zero-order valence-corrected chi connectivity index (χ0v) is 18.5. The van der Waals surface area contributed by atoms with E-state index in [1.807, 2.05) is 11.0 Å². The third-order valence-electron chi connectivity index (χ3n) is 5.55. The van der Waals surface area contributed by atoms with Gasteiger partial charge in [0.15, 0.2) is 5.69 Å². The van der Waals surface area contributed by atoms with Crippen LogP contribution in [0.1, 0.15) is 26.4 Å². The van der Waals surface area contributed by atoms with Gasteiger partial charge in [-0.05, 0) is 17.7 Å². The van der Waals surface area contributed by atoms with Crippen molar-refractivity contribution >= 4 is 23.6 Å². The molecule has 1 aromatic heterocycles. The van der Waals surface area contributed by atoms with Crippen LogP contribution < -0.4 is 10.2 Å². The van der Waals surface area contributed by atoms with E-state index in [2.05, 4.69) is 15.2 Å². The lowest BCUT2D eigenvalue weighted by Crippen LogP contribution is -2.43. The van der Waals surface area contributed by atoms with E-state index in [1.54, 1.807) is 19.2 Å². The van der Waals surface area contributed by atoms with Crippen LogP contribution in [0.25, 0.3) is 0 Å². The molecule has 0 bridgehead atoms. The van der Waals surface area contributed by atoms with Gasteiger partial charge in [0.05, 0.1) is 43.8 Å². The summed E-state index contributed by atoms with van der Waals surface area (Å²) in [6, 6.07) is 5.34. The summed E-state index contributed by atoms with van der Waals surface area (Å²) >= 11 is 0. The molecule has 1 amide bonds. The highest BCUT2D eigenvalue weighted by molar-refractivity contribution is 6.06. The quantitative estimate of drug-likeness (QED) is 0.595. The summed E-state index contributed by atoms with van der Waals surface area (Å²) in [6.45, 7) is 5.51. The van der Waals surface area contributed by atoms with Crippen molar-refractivity contribution < 1.29 is 33.3 Å². The lowest BCUT2D eigenvalue weighted by Gasteiger charge is -2.32. The number of carbonyl (C=O) groups excluding carboxylic acids is 1. The van der Waals surface area contributed by atoms with Crippen molar-refractivity contribution in [3.05, 3.63) is 41.3 Å². The predicted octanol–water partition coefficient (Wildman–Crippen LogP) is 1.31. The van der Waals surface area contributed by atoms with Gasteiger partial charge >= 0.3 is 5.97 Å². The van der Waals surface area contributed by atoms with Crippen LogP contribution in [0, 0.1) is 0 Å². The number of hydrogen-bond donors (Lipinski definition) is 2. The highest BCUT2D eigenvalue weighted by Gasteiger charge is 2.23. The van der Waals surface area contributed by atoms with E-state index in [1.165, 1.54) is 6.26 Å². The van der Waals surface area contributed by atoms with Gasteiger partial charge in [0.25, 0.3) is 11.9 Å². The van der Waals surface area contributed by atoms with E-state index in [9.17, 15) is 14.7 Å². The highest BCUT2D eigenvalue weighted by atomic mass is 16.5. The van der Waals surface area contributed by atoms with Gasteiger partial charge in [0, 0.05) is 39.8 Å². The Morgan fingerprint density at radius 3 is 2.82 bits per heavy atom. The standard InChI is InChI=1S/C22H28N4O7/c1-30-13-16-12-25(4-9-32-16)11-15-2-3-18(17(10-15)21(28)29)23-20(27)19-14-33-22(24-19)26-5-7-31-8-6-26/h2-3,10,14,16H,4-9,11-13H2,1H3,(H,23,27)(H,28,29)/t16-/m0/s1. The van der Waals surface area contributed by atoms with E-state index in [4.69, 9.17) is 18.6 Å². The summed E-state index contributed by atoms with van der Waals surface area (Å²) in [6.07, 6.45) is 1.26. The molecule has 33 heavy (non-hydrogen) atoms. The third-order valence-corrected chi connectivity index (χ3v) is 5.55. The van der Waals surface area contributed by atoms with Crippen molar-refractivity contribution in [2.75, 3.05) is 69.9 Å². The number of morpholine rings is 2. The summed E-state index contributed by atoms with van der Waals surface area (Å²) in [4.78, 5) is 32.9. The second kappa shape index (κ2) is 10.8. The number of carboxylic acids is 1. The van der Waals surface area contributed by atoms with Crippen LogP contribution in [0.3, 0.4) is 0 Å². The summed E-state index contributed by atoms with van der Waals surface area (Å²) in [5, 5.41) is 12.4. The first kappa shape index (κ1) is 23.2. The number of hydrogen-bond acceptors (Lipinski definition) is 9. The Morgan fingerprint density at radius 1 is 1.24 bits per heavy atom. The summed E-state index contributed by atoms with van der Waals surface area (Å²) in [5.41, 5.74) is 1.12. The van der Waals surface area contributed by atoms with Crippen molar-refractivity contribution in [3.63, 3.8) is 0 Å². The van der Waals surface area contributed by atoms with Crippen molar-refractivity contribution in [1.82, 2.24) is 9.88 Å². The summed E-state index contributed by atoms with van der Waals surface area (Å²) in [5.74, 6) is -1.66. The molecule has 3 heterocycles. The molecule has 2 fully saturated rings. The number of oxazole rings is 1. The Bertz CT molecular complexity index is 971. The van der Waals surface area contributed by atoms with Gasteiger partial charge < -0.3 is 34.0 Å². The van der Waals surface area contributed by atoms with Crippen LogP contribution in [-0.2, 0) is 20.8 Å². The van der Waals surface area contributed by atoms with Gasteiger partial charge in [-0.15, -0.1) is 0 Å². The second-order valence-electron chi connectivity index (χ2n) is 7.94. The Morgan fingerprint density at radius 2 is 2.06 bits per heavy atom. The number of anilines is 2. The molecule has 1 aromatic carbocycles. The van der Waals surface area contributed by atoms with Gasteiger partial charge in [0.1, 0.15) is 6.26 Å². The minimum absolute atomic E-state index is 0.00827. The van der Waals surface area contributed by atoms with Crippen LogP contribution in [0.15, 0.2) is 28.9 Å². The fourth-order valence-corrected chi connectivity index (χ4v) is 3.90. The van der Waals surface area contributed by atoms with Crippen LogP contribution >= 0.6 is 0 Å². The molecule has 4 rings (SSSR count). The second-order valence-corrected chi connectivity index (χ2v) is 7.94. The van der Waals surface area contributed by atoms with Gasteiger partial charge in [0.2, 0.25) is 0 Å². The number of nitrogens with zero attached hydrogens (tertiary/aromatic N) is 3. The maximum atomic E-state index is 12.7. The number of aromatic nitrogens is 1. The molecule has 11 nitrogen and oxygen atoms in total. The zero-order valence-electron chi connectivity index (χ0n) is 18.5. The Hall–Kier alpha value is -2.99. The van der Waals surface area contributed by atoms with Gasteiger partial charge in [-0.25, -0.2) is 4.79 Å². The molecule has 0 aliphatic carbocycles. The molecule has 0 unspecified atom stereocenters. The van der Waals surface area contributed by atoms with E-state index >= 15 is 0 Å². The molecular weight excluding hydrogens is 432 g/mol. The normalized spacial score (nSPS) is 19.4. The molecule has 178 valence electrons. The smallest absolute Gasteiger partial charge is 0.337 e. The lowest BCUT2D eigenvalue weighted by atomic mass is 10.1. The number of rotatable bonds is 8. The van der Waals surface area contributed by atoms with Crippen LogP contribution in [0.2, 0.25) is 0 Å². The first-order valence-corrected chi connectivity index (χ1v) is 10.8. The Balaban J connectivity index is 1.43. The fraction of sp³-hybridized carbons (Fsp3) is 0.500. The monoisotopic (exact) mass is 460 g/mol. The maximum Gasteiger partial charge on any atom is 0.337 e. The molecule has 2 aliphatic rings. The first-order chi connectivity index (χ1) is 16.0. The Labute approximate surface area is 191 Å². The number of nitrogens with one attached hydrogen (secondary N) is 1. The zero-order chi connectivity index (χ0) is 23.2. The van der Waals surface area contributed by atoms with Gasteiger partial charge in [-0.1, -0.05) is 6.07 Å². The summed E-state index contributed by atoms with van der Waals surface area (Å²) in [7, 11) is 1.64. The SMILES string of the molecule is COC[C@@H]1CN(Cc2ccc(NC(=O)c3coc(N4CCOCC4)n3)c(C(=O)O)c2)CCO1. The topological polar surface area (TPSA) is 127 Å². The highest BCUT2D eigenvalue weighted by Crippen LogP contribution is 2.22. The maximum absolute atomic E-state index is 12.7. The molecule has 0 radical (unpaired) electrons. The number of ether oxygens (including phenoxy) is 3. The van der Waals surface area contributed by atoms with Crippen molar-refractivity contribution in [3.8, 4) is 0 Å². The third kappa shape index (κ3) is 5.88. The lowest BCUT2D eigenvalue weighted by molar-refractivity contribution is -0.0631. The van der Waals surface area contributed by atoms with Crippen LogP contribution in [0.4, 0.5) is 11.7 Å². The number of aromatic carboxylic acids is 1. The van der Waals surface area contributed by atoms with Crippen LogP contribution in [0.5, 0.6) is 0 Å². The Kier molecular flexibility index (Phi) is 7.55. The number of carboxylic acid groups (broad SMARTS) is 1. The molecule has 2 N–H and O–H groups in total. The van der Waals surface area contributed by atoms with Crippen molar-refractivity contribution in [1.29, 1.82) is 0 Å². The first-order valence-electron chi connectivity index (χ1n) is 10.8.